The lowest BCUT2D eigenvalue weighted by Crippen LogP contribution is -2.27. The summed E-state index contributed by atoms with van der Waals surface area (Å²) in [7, 11) is 1.56. The van der Waals surface area contributed by atoms with Crippen molar-refractivity contribution in [2.24, 2.45) is 5.92 Å². The van der Waals surface area contributed by atoms with E-state index in [2.05, 4.69) is 4.98 Å². The third-order valence-corrected chi connectivity index (χ3v) is 3.84. The number of fused-ring (bicyclic) bond motifs is 1. The van der Waals surface area contributed by atoms with Gasteiger partial charge in [0, 0.05) is 12.1 Å². The molecule has 4 nitrogen and oxygen atoms in total. The number of carbonyl (C=O) groups is 1. The third kappa shape index (κ3) is 1.84. The number of hydrogen-bond acceptors (Lipinski definition) is 3. The molecule has 1 aliphatic rings. The fourth-order valence-corrected chi connectivity index (χ4v) is 2.47. The van der Waals surface area contributed by atoms with Crippen LogP contribution >= 0.6 is 0 Å². The maximum absolute atomic E-state index is 12.4. The second-order valence-electron chi connectivity index (χ2n) is 4.91. The molecule has 0 radical (unpaired) electrons. The number of Topliss-reactive ketones (excluding diaryl/α,β-unsaturated/α-hetero) is 1. The molecule has 1 aliphatic carbocycles. The van der Waals surface area contributed by atoms with E-state index >= 15 is 0 Å². The molecule has 0 atom stereocenters. The maximum Gasteiger partial charge on any atom is 0.200 e. The molecule has 1 heterocycles. The van der Waals surface area contributed by atoms with E-state index in [1.54, 1.807) is 25.3 Å². The Bertz CT molecular complexity index is 698. The van der Waals surface area contributed by atoms with Gasteiger partial charge in [-0.1, -0.05) is 12.5 Å². The van der Waals surface area contributed by atoms with Crippen LogP contribution in [0.25, 0.3) is 10.9 Å². The van der Waals surface area contributed by atoms with Gasteiger partial charge in [0.05, 0.1) is 23.6 Å². The van der Waals surface area contributed by atoms with E-state index in [-0.39, 0.29) is 22.7 Å². The number of ether oxygens (including phenoxy) is 1. The average molecular weight is 257 g/mol. The fourth-order valence-electron chi connectivity index (χ4n) is 2.47. The lowest BCUT2D eigenvalue weighted by atomic mass is 9.80. The molecule has 0 aliphatic heterocycles. The Morgan fingerprint density at radius 3 is 2.79 bits per heavy atom. The Kier molecular flexibility index (Phi) is 2.85. The number of rotatable bonds is 3. The molecule has 1 N–H and O–H groups in total. The molecule has 1 saturated carbocycles. The zero-order valence-electron chi connectivity index (χ0n) is 10.7. The molecule has 0 amide bonds. The second-order valence-corrected chi connectivity index (χ2v) is 4.91. The van der Waals surface area contributed by atoms with Gasteiger partial charge >= 0.3 is 0 Å². The molecule has 1 fully saturated rings. The molecule has 19 heavy (non-hydrogen) atoms. The molecule has 0 bridgehead atoms. The zero-order valence-corrected chi connectivity index (χ0v) is 10.7. The summed E-state index contributed by atoms with van der Waals surface area (Å²) < 4.78 is 5.21. The van der Waals surface area contributed by atoms with Crippen molar-refractivity contribution in [1.29, 1.82) is 0 Å². The van der Waals surface area contributed by atoms with Crippen molar-refractivity contribution in [3.8, 4) is 5.75 Å². The monoisotopic (exact) mass is 257 g/mol. The van der Waals surface area contributed by atoms with Gasteiger partial charge in [0.1, 0.15) is 5.75 Å². The number of carbonyl (C=O) groups excluding carboxylic acids is 1. The van der Waals surface area contributed by atoms with E-state index in [0.717, 1.165) is 19.3 Å². The number of benzene rings is 1. The quantitative estimate of drug-likeness (QED) is 0.859. The Labute approximate surface area is 110 Å². The highest BCUT2D eigenvalue weighted by atomic mass is 16.5. The van der Waals surface area contributed by atoms with Crippen molar-refractivity contribution >= 4 is 16.7 Å². The number of aromatic amines is 1. The number of methoxy groups -OCH3 is 1. The summed E-state index contributed by atoms with van der Waals surface area (Å²) >= 11 is 0. The van der Waals surface area contributed by atoms with E-state index in [1.807, 2.05) is 0 Å². The highest BCUT2D eigenvalue weighted by Gasteiger charge is 2.28. The van der Waals surface area contributed by atoms with Gasteiger partial charge in [-0.3, -0.25) is 9.59 Å². The summed E-state index contributed by atoms with van der Waals surface area (Å²) in [5.41, 5.74) is 0.704. The largest absolute Gasteiger partial charge is 0.495 e. The predicted octanol–water partition coefficient (Wildman–Crippen LogP) is 2.52. The molecule has 98 valence electrons. The number of hydrogen-bond donors (Lipinski definition) is 1. The third-order valence-electron chi connectivity index (χ3n) is 3.84. The molecule has 0 saturated heterocycles. The Hall–Kier alpha value is -2.10. The summed E-state index contributed by atoms with van der Waals surface area (Å²) in [6.45, 7) is 0. The number of pyridine rings is 1. The van der Waals surface area contributed by atoms with Gasteiger partial charge in [-0.15, -0.1) is 0 Å². The van der Waals surface area contributed by atoms with Gasteiger partial charge in [0.15, 0.2) is 11.2 Å². The van der Waals surface area contributed by atoms with Crippen LogP contribution in [-0.4, -0.2) is 17.9 Å². The number of ketones is 1. The first-order chi connectivity index (χ1) is 9.22. The smallest absolute Gasteiger partial charge is 0.200 e. The average Bonchev–Trinajstić information content (AvgIpc) is 2.36. The van der Waals surface area contributed by atoms with Crippen LogP contribution in [0.1, 0.15) is 29.6 Å². The first-order valence-corrected chi connectivity index (χ1v) is 6.45. The van der Waals surface area contributed by atoms with Crippen LogP contribution in [-0.2, 0) is 0 Å². The van der Waals surface area contributed by atoms with Gasteiger partial charge in [-0.25, -0.2) is 0 Å². The van der Waals surface area contributed by atoms with Gasteiger partial charge in [-0.05, 0) is 25.0 Å². The lowest BCUT2D eigenvalue weighted by molar-refractivity contribution is 0.0854. The minimum absolute atomic E-state index is 0.0304. The van der Waals surface area contributed by atoms with Crippen LogP contribution in [0.5, 0.6) is 5.75 Å². The number of H-pyrrole nitrogens is 1. The summed E-state index contributed by atoms with van der Waals surface area (Å²) in [5, 5.41) is 0.504. The van der Waals surface area contributed by atoms with E-state index in [0.29, 0.717) is 16.7 Å². The maximum atomic E-state index is 12.4. The molecular weight excluding hydrogens is 242 g/mol. The fraction of sp³-hybridized carbons (Fsp3) is 0.333. The second kappa shape index (κ2) is 4.53. The van der Waals surface area contributed by atoms with Crippen LogP contribution in [0.2, 0.25) is 0 Å². The van der Waals surface area contributed by atoms with Crippen molar-refractivity contribution in [3.05, 3.63) is 40.2 Å². The molecule has 3 rings (SSSR count). The van der Waals surface area contributed by atoms with Crippen LogP contribution in [0, 0.1) is 5.92 Å². The predicted molar refractivity (Wildman–Crippen MR) is 72.8 cm³/mol. The normalized spacial score (nSPS) is 15.2. The minimum Gasteiger partial charge on any atom is -0.495 e. The van der Waals surface area contributed by atoms with Crippen molar-refractivity contribution in [1.82, 2.24) is 4.98 Å². The Morgan fingerprint density at radius 1 is 1.37 bits per heavy atom. The van der Waals surface area contributed by atoms with Crippen molar-refractivity contribution in [3.63, 3.8) is 0 Å². The summed E-state index contributed by atoms with van der Waals surface area (Å²) in [5.74, 6) is 0.610. The molecule has 0 spiro atoms. The first-order valence-electron chi connectivity index (χ1n) is 6.45. The number of aromatic nitrogens is 1. The van der Waals surface area contributed by atoms with Gasteiger partial charge in [-0.2, -0.15) is 0 Å². The van der Waals surface area contributed by atoms with E-state index in [1.165, 1.54) is 6.20 Å². The van der Waals surface area contributed by atoms with Gasteiger partial charge in [0.25, 0.3) is 0 Å². The van der Waals surface area contributed by atoms with Crippen molar-refractivity contribution < 1.29 is 9.53 Å². The van der Waals surface area contributed by atoms with E-state index in [9.17, 15) is 9.59 Å². The van der Waals surface area contributed by atoms with Crippen LogP contribution < -0.4 is 10.2 Å². The summed E-state index contributed by atoms with van der Waals surface area (Å²) in [4.78, 5) is 27.6. The summed E-state index contributed by atoms with van der Waals surface area (Å²) in [6.07, 6.45) is 4.40. The topological polar surface area (TPSA) is 59.2 Å². The highest BCUT2D eigenvalue weighted by Crippen LogP contribution is 2.29. The van der Waals surface area contributed by atoms with Gasteiger partial charge < -0.3 is 9.72 Å². The Balaban J connectivity index is 2.16. The Morgan fingerprint density at radius 2 is 2.16 bits per heavy atom. The molecule has 2 aromatic rings. The molecule has 4 heteroatoms. The van der Waals surface area contributed by atoms with Crippen LogP contribution in [0.15, 0.2) is 29.2 Å². The molecule has 1 aromatic carbocycles. The molecule has 0 unspecified atom stereocenters. The number of para-hydroxylation sites is 1. The van der Waals surface area contributed by atoms with E-state index in [4.69, 9.17) is 4.74 Å². The number of nitrogens with one attached hydrogen (secondary N) is 1. The van der Waals surface area contributed by atoms with Crippen molar-refractivity contribution in [2.45, 2.75) is 19.3 Å². The lowest BCUT2D eigenvalue weighted by Gasteiger charge is -2.23. The zero-order chi connectivity index (χ0) is 13.4. The first kappa shape index (κ1) is 12.0. The standard InChI is InChI=1S/C15H15NO3/c1-19-12-7-3-6-10-13(12)16-8-11(15(10)18)14(17)9-4-2-5-9/h3,6-9H,2,4-5H2,1H3,(H,16,18). The minimum atomic E-state index is -0.204. The molecular formula is C15H15NO3. The highest BCUT2D eigenvalue weighted by molar-refractivity contribution is 6.01. The van der Waals surface area contributed by atoms with Gasteiger partial charge in [0.2, 0.25) is 0 Å². The van der Waals surface area contributed by atoms with Crippen LogP contribution in [0.4, 0.5) is 0 Å². The molecule has 1 aromatic heterocycles. The van der Waals surface area contributed by atoms with Crippen molar-refractivity contribution in [2.75, 3.05) is 7.11 Å². The SMILES string of the molecule is COc1cccc2c(=O)c(C(=O)C3CCC3)c[nH]c12. The van der Waals surface area contributed by atoms with E-state index < -0.39 is 0 Å². The summed E-state index contributed by atoms with van der Waals surface area (Å²) in [6, 6.07) is 5.26. The van der Waals surface area contributed by atoms with Crippen LogP contribution in [0.3, 0.4) is 0 Å².